The summed E-state index contributed by atoms with van der Waals surface area (Å²) in [4.78, 5) is 40.2. The molecule has 0 saturated carbocycles. The van der Waals surface area contributed by atoms with Crippen LogP contribution >= 0.6 is 23.2 Å². The van der Waals surface area contributed by atoms with E-state index in [1.807, 2.05) is 6.07 Å². The molecule has 2 aliphatic rings. The molecule has 0 bridgehead atoms. The van der Waals surface area contributed by atoms with Crippen LogP contribution in [0.4, 0.5) is 0 Å². The summed E-state index contributed by atoms with van der Waals surface area (Å²) in [5, 5.41) is 22.4. The number of hydrogen-bond acceptors (Lipinski definition) is 5. The first kappa shape index (κ1) is 28.0. The van der Waals surface area contributed by atoms with Crippen LogP contribution < -0.4 is 10.1 Å². The highest BCUT2D eigenvalue weighted by Crippen LogP contribution is 2.35. The van der Waals surface area contributed by atoms with Crippen molar-refractivity contribution in [3.63, 3.8) is 0 Å². The molecular formula is C30H28Cl2N2O6. The molecule has 3 aromatic carbocycles. The number of aliphatic hydroxyl groups excluding tert-OH is 1. The number of nitrogens with one attached hydrogen (secondary N) is 1. The Hall–Kier alpha value is -3.59. The van der Waals surface area contributed by atoms with Gasteiger partial charge in [0, 0.05) is 31.5 Å². The SMILES string of the molecule is CC(O)c1cccc(C[C@H](NC(=O)c2c(Cl)cc3c(c2Cl)CCN(C(=O)c2ccc4c(c2)OCC4)C3)C(=O)O)c1. The number of carbonyl (C=O) groups is 3. The monoisotopic (exact) mass is 582 g/mol. The van der Waals surface area contributed by atoms with E-state index >= 15 is 0 Å². The van der Waals surface area contributed by atoms with E-state index in [1.54, 1.807) is 54.3 Å². The number of aliphatic carboxylic acids is 1. The van der Waals surface area contributed by atoms with Crippen molar-refractivity contribution in [3.8, 4) is 5.75 Å². The fourth-order valence-corrected chi connectivity index (χ4v) is 5.93. The van der Waals surface area contributed by atoms with Gasteiger partial charge in [-0.05, 0) is 59.4 Å². The van der Waals surface area contributed by atoms with E-state index in [4.69, 9.17) is 27.9 Å². The molecule has 2 atom stereocenters. The average Bonchev–Trinajstić information content (AvgIpc) is 3.40. The van der Waals surface area contributed by atoms with Crippen LogP contribution in [0.25, 0.3) is 0 Å². The van der Waals surface area contributed by atoms with Gasteiger partial charge >= 0.3 is 5.97 Å². The van der Waals surface area contributed by atoms with Crippen molar-refractivity contribution in [2.75, 3.05) is 13.2 Å². The van der Waals surface area contributed by atoms with E-state index in [0.29, 0.717) is 41.8 Å². The van der Waals surface area contributed by atoms with Gasteiger partial charge in [0.1, 0.15) is 11.8 Å². The van der Waals surface area contributed by atoms with E-state index in [9.17, 15) is 24.6 Å². The van der Waals surface area contributed by atoms with Crippen LogP contribution in [-0.4, -0.2) is 52.1 Å². The zero-order chi connectivity index (χ0) is 28.6. The molecule has 3 aromatic rings. The van der Waals surface area contributed by atoms with Crippen molar-refractivity contribution >= 4 is 41.0 Å². The molecule has 1 unspecified atom stereocenters. The lowest BCUT2D eigenvalue weighted by atomic mass is 9.95. The first-order valence-corrected chi connectivity index (χ1v) is 13.7. The van der Waals surface area contributed by atoms with Gasteiger partial charge in [-0.3, -0.25) is 9.59 Å². The van der Waals surface area contributed by atoms with Gasteiger partial charge in [0.05, 0.1) is 28.3 Å². The Morgan fingerprint density at radius 2 is 1.88 bits per heavy atom. The molecular weight excluding hydrogens is 555 g/mol. The van der Waals surface area contributed by atoms with Crippen LogP contribution in [0.15, 0.2) is 48.5 Å². The zero-order valence-electron chi connectivity index (χ0n) is 21.7. The van der Waals surface area contributed by atoms with Crippen LogP contribution in [0.5, 0.6) is 5.75 Å². The molecule has 0 radical (unpaired) electrons. The number of carbonyl (C=O) groups excluding carboxylic acids is 2. The predicted octanol–water partition coefficient (Wildman–Crippen LogP) is 4.61. The summed E-state index contributed by atoms with van der Waals surface area (Å²) >= 11 is 13.2. The number of fused-ring (bicyclic) bond motifs is 2. The maximum absolute atomic E-state index is 13.2. The molecule has 0 saturated heterocycles. The third-order valence-electron chi connectivity index (χ3n) is 7.34. The molecule has 2 aliphatic heterocycles. The molecule has 0 fully saturated rings. The summed E-state index contributed by atoms with van der Waals surface area (Å²) in [6.07, 6.45) is 0.538. The lowest BCUT2D eigenvalue weighted by Crippen LogP contribution is -2.42. The molecule has 8 nitrogen and oxygen atoms in total. The number of amides is 2. The zero-order valence-corrected chi connectivity index (χ0v) is 23.3. The van der Waals surface area contributed by atoms with E-state index in [2.05, 4.69) is 5.32 Å². The number of aliphatic hydroxyl groups is 1. The fourth-order valence-electron chi connectivity index (χ4n) is 5.16. The topological polar surface area (TPSA) is 116 Å². The molecule has 3 N–H and O–H groups in total. The number of carboxylic acids is 1. The van der Waals surface area contributed by atoms with Gasteiger partial charge in [0.2, 0.25) is 0 Å². The van der Waals surface area contributed by atoms with Crippen molar-refractivity contribution in [1.29, 1.82) is 0 Å². The van der Waals surface area contributed by atoms with E-state index in [0.717, 1.165) is 23.3 Å². The minimum Gasteiger partial charge on any atom is -0.493 e. The largest absolute Gasteiger partial charge is 0.493 e. The smallest absolute Gasteiger partial charge is 0.326 e. The number of hydrogen-bond donors (Lipinski definition) is 3. The third kappa shape index (κ3) is 5.66. The highest BCUT2D eigenvalue weighted by molar-refractivity contribution is 6.40. The molecule has 208 valence electrons. The highest BCUT2D eigenvalue weighted by atomic mass is 35.5. The van der Waals surface area contributed by atoms with E-state index in [-0.39, 0.29) is 34.5 Å². The number of rotatable bonds is 7. The van der Waals surface area contributed by atoms with Gasteiger partial charge < -0.3 is 25.2 Å². The molecule has 0 aromatic heterocycles. The Bertz CT molecular complexity index is 1510. The van der Waals surface area contributed by atoms with Crippen molar-refractivity contribution in [2.24, 2.45) is 0 Å². The molecule has 40 heavy (non-hydrogen) atoms. The third-order valence-corrected chi connectivity index (χ3v) is 8.05. The number of halogens is 2. The Balaban J connectivity index is 1.33. The minimum atomic E-state index is -1.25. The van der Waals surface area contributed by atoms with Crippen molar-refractivity contribution < 1.29 is 29.3 Å². The summed E-state index contributed by atoms with van der Waals surface area (Å²) in [6.45, 7) is 2.89. The standard InChI is InChI=1S/C30H28Cl2N2O6/c1-16(35)19-4-2-3-17(11-19)12-24(30(38)39)33-28(36)26-23(31)13-21-15-34(9-7-22(21)27(26)32)29(37)20-6-5-18-8-10-40-25(18)14-20/h2-6,11,13-14,16,24,35H,7-10,12,15H2,1H3,(H,33,36)(H,38,39)/t16?,24-/m0/s1. The molecule has 0 spiro atoms. The van der Waals surface area contributed by atoms with Crippen LogP contribution in [0.2, 0.25) is 10.0 Å². The Kier molecular flexibility index (Phi) is 8.03. The Labute approximate surface area is 241 Å². The number of benzene rings is 3. The number of nitrogens with zero attached hydrogens (tertiary/aromatic N) is 1. The summed E-state index contributed by atoms with van der Waals surface area (Å²) < 4.78 is 5.60. The van der Waals surface area contributed by atoms with Crippen LogP contribution in [-0.2, 0) is 30.6 Å². The van der Waals surface area contributed by atoms with Gasteiger partial charge in [-0.2, -0.15) is 0 Å². The normalized spacial score (nSPS) is 15.4. The molecule has 5 rings (SSSR count). The van der Waals surface area contributed by atoms with Crippen molar-refractivity contribution in [1.82, 2.24) is 10.2 Å². The lowest BCUT2D eigenvalue weighted by Gasteiger charge is -2.30. The summed E-state index contributed by atoms with van der Waals surface area (Å²) in [5.41, 5.74) is 4.35. The highest BCUT2D eigenvalue weighted by Gasteiger charge is 2.30. The maximum Gasteiger partial charge on any atom is 0.326 e. The first-order valence-electron chi connectivity index (χ1n) is 13.0. The second kappa shape index (κ2) is 11.5. The Morgan fingerprint density at radius 1 is 1.07 bits per heavy atom. The summed E-state index contributed by atoms with van der Waals surface area (Å²) in [6, 6.07) is 12.8. The van der Waals surface area contributed by atoms with Crippen LogP contribution in [0.3, 0.4) is 0 Å². The molecule has 2 heterocycles. The summed E-state index contributed by atoms with van der Waals surface area (Å²) in [7, 11) is 0. The fraction of sp³-hybridized carbons (Fsp3) is 0.300. The van der Waals surface area contributed by atoms with Gasteiger partial charge in [-0.1, -0.05) is 53.5 Å². The maximum atomic E-state index is 13.2. The second-order valence-electron chi connectivity index (χ2n) is 10.1. The molecule has 2 amide bonds. The predicted molar refractivity (Wildman–Crippen MR) is 150 cm³/mol. The lowest BCUT2D eigenvalue weighted by molar-refractivity contribution is -0.139. The van der Waals surface area contributed by atoms with Crippen LogP contribution in [0, 0.1) is 0 Å². The van der Waals surface area contributed by atoms with Gasteiger partial charge in [-0.25, -0.2) is 4.79 Å². The minimum absolute atomic E-state index is 0.00149. The van der Waals surface area contributed by atoms with Crippen LogP contribution in [0.1, 0.15) is 61.6 Å². The van der Waals surface area contributed by atoms with E-state index in [1.165, 1.54) is 0 Å². The summed E-state index contributed by atoms with van der Waals surface area (Å²) in [5.74, 6) is -1.32. The average molecular weight is 583 g/mol. The second-order valence-corrected chi connectivity index (χ2v) is 10.9. The first-order chi connectivity index (χ1) is 19.1. The van der Waals surface area contributed by atoms with E-state index < -0.39 is 24.0 Å². The van der Waals surface area contributed by atoms with Gasteiger partial charge in [-0.15, -0.1) is 0 Å². The van der Waals surface area contributed by atoms with Crippen molar-refractivity contribution in [2.45, 2.75) is 44.9 Å². The van der Waals surface area contributed by atoms with Gasteiger partial charge in [0.15, 0.2) is 0 Å². The molecule has 0 aliphatic carbocycles. The van der Waals surface area contributed by atoms with Crippen molar-refractivity contribution in [3.05, 3.63) is 97.5 Å². The number of carboxylic acid groups (broad SMARTS) is 1. The Morgan fingerprint density at radius 3 is 2.62 bits per heavy atom. The number of ether oxygens (including phenoxy) is 1. The van der Waals surface area contributed by atoms with Gasteiger partial charge in [0.25, 0.3) is 11.8 Å². The molecule has 10 heteroatoms. The quantitative estimate of drug-likeness (QED) is 0.375.